The number of carbonyl (C=O) groups is 2. The van der Waals surface area contributed by atoms with Gasteiger partial charge in [0.05, 0.1) is 10.2 Å². The van der Waals surface area contributed by atoms with E-state index in [1.165, 1.54) is 17.4 Å². The van der Waals surface area contributed by atoms with Gasteiger partial charge in [-0.15, -0.1) is 11.3 Å². The number of fused-ring (bicyclic) bond motifs is 1. The topological polar surface area (TPSA) is 68.3 Å². The van der Waals surface area contributed by atoms with E-state index in [2.05, 4.69) is 10.3 Å². The summed E-state index contributed by atoms with van der Waals surface area (Å²) in [5.41, 5.74) is 3.67. The van der Waals surface area contributed by atoms with Crippen molar-refractivity contribution in [3.05, 3.63) is 64.7 Å². The molecule has 0 aliphatic rings. The Bertz CT molecular complexity index is 959. The van der Waals surface area contributed by atoms with Crippen LogP contribution in [0.5, 0.6) is 0 Å². The molecule has 0 saturated carbocycles. The van der Waals surface area contributed by atoms with E-state index in [0.717, 1.165) is 21.3 Å². The van der Waals surface area contributed by atoms with Gasteiger partial charge in [0.2, 0.25) is 0 Å². The van der Waals surface area contributed by atoms with Gasteiger partial charge in [-0.3, -0.25) is 4.79 Å². The molecule has 0 atom stereocenters. The molecular weight excluding hydrogens is 348 g/mol. The lowest BCUT2D eigenvalue weighted by molar-refractivity contribution is -0.142. The van der Waals surface area contributed by atoms with Crippen LogP contribution in [-0.4, -0.2) is 23.5 Å². The molecule has 5 nitrogen and oxygen atoms in total. The molecule has 0 aliphatic heterocycles. The maximum atomic E-state index is 11.9. The number of ether oxygens (including phenoxy) is 1. The summed E-state index contributed by atoms with van der Waals surface area (Å²) in [5, 5.41) is 3.44. The summed E-state index contributed by atoms with van der Waals surface area (Å²) in [5.74, 6) is -0.960. The third-order valence-electron chi connectivity index (χ3n) is 3.67. The summed E-state index contributed by atoms with van der Waals surface area (Å²) in [4.78, 5) is 28.1. The number of anilines is 1. The second kappa shape index (κ2) is 7.93. The van der Waals surface area contributed by atoms with Crippen molar-refractivity contribution >= 4 is 45.2 Å². The van der Waals surface area contributed by atoms with Crippen LogP contribution in [0, 0.1) is 13.8 Å². The number of para-hydroxylation sites is 1. The number of nitrogens with zero attached hydrogens (tertiary/aromatic N) is 1. The van der Waals surface area contributed by atoms with Crippen molar-refractivity contribution in [1.82, 2.24) is 4.98 Å². The molecule has 132 valence electrons. The molecule has 0 aliphatic carbocycles. The van der Waals surface area contributed by atoms with Crippen LogP contribution in [-0.2, 0) is 14.3 Å². The summed E-state index contributed by atoms with van der Waals surface area (Å²) in [7, 11) is 0. The minimum atomic E-state index is -0.583. The number of aryl methyl sites for hydroxylation is 2. The van der Waals surface area contributed by atoms with Crippen molar-refractivity contribution in [3.8, 4) is 0 Å². The summed E-state index contributed by atoms with van der Waals surface area (Å²) >= 11 is 1.48. The van der Waals surface area contributed by atoms with Gasteiger partial charge in [-0.25, -0.2) is 9.78 Å². The van der Waals surface area contributed by atoms with Crippen LogP contribution in [0.3, 0.4) is 0 Å². The van der Waals surface area contributed by atoms with Crippen LogP contribution in [0.1, 0.15) is 16.1 Å². The van der Waals surface area contributed by atoms with Crippen LogP contribution in [0.4, 0.5) is 5.69 Å². The number of carbonyl (C=O) groups excluding carboxylic acids is 2. The molecule has 3 rings (SSSR count). The van der Waals surface area contributed by atoms with Crippen molar-refractivity contribution in [2.24, 2.45) is 0 Å². The maximum Gasteiger partial charge on any atom is 0.331 e. The Morgan fingerprint density at radius 1 is 1.19 bits per heavy atom. The lowest BCUT2D eigenvalue weighted by Crippen LogP contribution is -2.20. The zero-order valence-corrected chi connectivity index (χ0v) is 15.3. The average molecular weight is 366 g/mol. The third kappa shape index (κ3) is 4.55. The highest BCUT2D eigenvalue weighted by molar-refractivity contribution is 7.19. The van der Waals surface area contributed by atoms with Crippen molar-refractivity contribution in [2.75, 3.05) is 11.9 Å². The Labute approximate surface area is 155 Å². The molecule has 0 spiro atoms. The summed E-state index contributed by atoms with van der Waals surface area (Å²) in [6.45, 7) is 3.56. The fraction of sp³-hybridized carbons (Fsp3) is 0.150. The van der Waals surface area contributed by atoms with E-state index >= 15 is 0 Å². The van der Waals surface area contributed by atoms with Gasteiger partial charge in [-0.2, -0.15) is 0 Å². The molecule has 1 amide bonds. The second-order valence-electron chi connectivity index (χ2n) is 5.83. The molecule has 0 saturated heterocycles. The summed E-state index contributed by atoms with van der Waals surface area (Å²) in [6, 6.07) is 13.5. The molecule has 0 fully saturated rings. The monoisotopic (exact) mass is 366 g/mol. The van der Waals surface area contributed by atoms with Gasteiger partial charge in [0, 0.05) is 11.8 Å². The largest absolute Gasteiger partial charge is 0.452 e. The number of esters is 1. The highest BCUT2D eigenvalue weighted by atomic mass is 32.1. The Morgan fingerprint density at radius 3 is 2.77 bits per heavy atom. The van der Waals surface area contributed by atoms with E-state index in [1.807, 2.05) is 56.3 Å². The molecule has 1 N–H and O–H groups in total. The van der Waals surface area contributed by atoms with Gasteiger partial charge in [-0.1, -0.05) is 29.8 Å². The number of nitrogens with one attached hydrogen (secondary N) is 1. The molecule has 3 aromatic rings. The zero-order valence-electron chi connectivity index (χ0n) is 14.5. The first-order valence-electron chi connectivity index (χ1n) is 8.09. The number of amides is 1. The molecule has 6 heteroatoms. The predicted molar refractivity (Wildman–Crippen MR) is 104 cm³/mol. The van der Waals surface area contributed by atoms with Crippen molar-refractivity contribution in [1.29, 1.82) is 0 Å². The van der Waals surface area contributed by atoms with Crippen LogP contribution < -0.4 is 5.32 Å². The number of hydrogen-bond donors (Lipinski definition) is 1. The average Bonchev–Trinajstić information content (AvgIpc) is 3.03. The molecule has 0 radical (unpaired) electrons. The Morgan fingerprint density at radius 2 is 2.00 bits per heavy atom. The highest BCUT2D eigenvalue weighted by Crippen LogP contribution is 2.22. The lowest BCUT2D eigenvalue weighted by atomic mass is 10.1. The number of benzene rings is 2. The summed E-state index contributed by atoms with van der Waals surface area (Å²) < 4.78 is 6.02. The zero-order chi connectivity index (χ0) is 18.5. The lowest BCUT2D eigenvalue weighted by Gasteiger charge is -2.09. The van der Waals surface area contributed by atoms with Gasteiger partial charge >= 0.3 is 5.97 Å². The Balaban J connectivity index is 1.52. The molecule has 1 aromatic heterocycles. The van der Waals surface area contributed by atoms with Crippen molar-refractivity contribution in [3.63, 3.8) is 0 Å². The highest BCUT2D eigenvalue weighted by Gasteiger charge is 2.08. The van der Waals surface area contributed by atoms with Crippen molar-refractivity contribution < 1.29 is 14.3 Å². The second-order valence-corrected chi connectivity index (χ2v) is 6.89. The number of thiazole rings is 1. The first-order chi connectivity index (χ1) is 12.5. The maximum absolute atomic E-state index is 11.9. The minimum absolute atomic E-state index is 0.337. The van der Waals surface area contributed by atoms with Crippen molar-refractivity contribution in [2.45, 2.75) is 13.8 Å². The first kappa shape index (κ1) is 17.8. The molecular formula is C20H18N2O3S. The van der Waals surface area contributed by atoms with E-state index < -0.39 is 5.97 Å². The third-order valence-corrected chi connectivity index (χ3v) is 4.68. The minimum Gasteiger partial charge on any atom is -0.452 e. The molecule has 2 aromatic carbocycles. The van der Waals surface area contributed by atoms with Crippen LogP contribution >= 0.6 is 11.3 Å². The van der Waals surface area contributed by atoms with E-state index in [0.29, 0.717) is 10.7 Å². The number of aromatic nitrogens is 1. The standard InChI is InChI=1S/C20H18N2O3S/c1-13-7-8-15(14(2)11-13)21-18(23)12-25-20(24)10-9-19-22-16-5-3-4-6-17(16)26-19/h3-11H,12H2,1-2H3,(H,21,23)/b10-9+. The van der Waals surface area contributed by atoms with Crippen LogP contribution in [0.15, 0.2) is 48.5 Å². The Kier molecular flexibility index (Phi) is 5.43. The Hall–Kier alpha value is -2.99. The van der Waals surface area contributed by atoms with Crippen LogP contribution in [0.25, 0.3) is 16.3 Å². The number of rotatable bonds is 5. The quantitative estimate of drug-likeness (QED) is 0.545. The molecule has 1 heterocycles. The predicted octanol–water partition coefficient (Wildman–Crippen LogP) is 4.11. The van der Waals surface area contributed by atoms with Gasteiger partial charge in [0.25, 0.3) is 5.91 Å². The number of hydrogen-bond acceptors (Lipinski definition) is 5. The van der Waals surface area contributed by atoms with Gasteiger partial charge < -0.3 is 10.1 Å². The summed E-state index contributed by atoms with van der Waals surface area (Å²) in [6.07, 6.45) is 2.87. The molecule has 0 unspecified atom stereocenters. The fourth-order valence-corrected chi connectivity index (χ4v) is 3.30. The molecule has 0 bridgehead atoms. The first-order valence-corrected chi connectivity index (χ1v) is 8.90. The van der Waals surface area contributed by atoms with E-state index in [9.17, 15) is 9.59 Å². The molecule has 26 heavy (non-hydrogen) atoms. The van der Waals surface area contributed by atoms with Gasteiger partial charge in [0.1, 0.15) is 5.01 Å². The SMILES string of the molecule is Cc1ccc(NC(=O)COC(=O)/C=C/c2nc3ccccc3s2)c(C)c1. The van der Waals surface area contributed by atoms with Gasteiger partial charge in [0.15, 0.2) is 6.61 Å². The van der Waals surface area contributed by atoms with E-state index in [-0.39, 0.29) is 12.5 Å². The van der Waals surface area contributed by atoms with E-state index in [1.54, 1.807) is 6.08 Å². The van der Waals surface area contributed by atoms with Gasteiger partial charge in [-0.05, 0) is 43.7 Å². The fourth-order valence-electron chi connectivity index (χ4n) is 2.43. The normalized spacial score (nSPS) is 11.0. The van der Waals surface area contributed by atoms with E-state index in [4.69, 9.17) is 4.74 Å². The van der Waals surface area contributed by atoms with Crippen LogP contribution in [0.2, 0.25) is 0 Å². The smallest absolute Gasteiger partial charge is 0.331 e.